The molecule has 1 aromatic carbocycles. The summed E-state index contributed by atoms with van der Waals surface area (Å²) in [7, 11) is 0. The maximum Gasteiger partial charge on any atom is 0.332 e. The fourth-order valence-electron chi connectivity index (χ4n) is 5.15. The van der Waals surface area contributed by atoms with E-state index in [4.69, 9.17) is 9.47 Å². The molecule has 2 atom stereocenters. The first-order valence-corrected chi connectivity index (χ1v) is 10.5. The van der Waals surface area contributed by atoms with Gasteiger partial charge in [-0.2, -0.15) is 5.10 Å². The first-order valence-electron chi connectivity index (χ1n) is 10.5. The Morgan fingerprint density at radius 2 is 1.90 bits per heavy atom. The Labute approximate surface area is 167 Å². The predicted octanol–water partition coefficient (Wildman–Crippen LogP) is 1.16. The minimum atomic E-state index is -0.460. The van der Waals surface area contributed by atoms with Gasteiger partial charge in [0.25, 0.3) is 0 Å². The molecule has 1 saturated heterocycles. The molecule has 29 heavy (non-hydrogen) atoms. The molecule has 6 rings (SSSR count). The van der Waals surface area contributed by atoms with E-state index in [1.807, 2.05) is 12.1 Å². The van der Waals surface area contributed by atoms with E-state index in [0.29, 0.717) is 24.9 Å². The van der Waals surface area contributed by atoms with Crippen LogP contribution in [0.5, 0.6) is 11.5 Å². The molecule has 4 aliphatic rings. The zero-order valence-corrected chi connectivity index (χ0v) is 16.2. The van der Waals surface area contributed by atoms with Gasteiger partial charge in [-0.05, 0) is 36.5 Å². The zero-order chi connectivity index (χ0) is 19.5. The van der Waals surface area contributed by atoms with Crippen LogP contribution in [0.15, 0.2) is 27.8 Å². The topological polar surface area (TPSA) is 78.6 Å². The van der Waals surface area contributed by atoms with Gasteiger partial charge < -0.3 is 9.47 Å². The van der Waals surface area contributed by atoms with Crippen LogP contribution in [0, 0.1) is 11.8 Å². The molecule has 0 bridgehead atoms. The van der Waals surface area contributed by atoms with Crippen molar-refractivity contribution in [2.75, 3.05) is 19.9 Å². The summed E-state index contributed by atoms with van der Waals surface area (Å²) in [6.07, 6.45) is 3.46. The molecule has 0 spiro atoms. The van der Waals surface area contributed by atoms with Crippen LogP contribution in [0.3, 0.4) is 0 Å². The second kappa shape index (κ2) is 6.45. The summed E-state index contributed by atoms with van der Waals surface area (Å²) in [5.41, 5.74) is 0.332. The Morgan fingerprint density at radius 3 is 2.72 bits per heavy atom. The van der Waals surface area contributed by atoms with E-state index >= 15 is 0 Å². The number of aromatic nitrogens is 3. The van der Waals surface area contributed by atoms with Crippen molar-refractivity contribution in [2.24, 2.45) is 11.8 Å². The normalized spacial score (nSPS) is 25.1. The van der Waals surface area contributed by atoms with Crippen LogP contribution in [-0.4, -0.2) is 39.1 Å². The van der Waals surface area contributed by atoms with Crippen molar-refractivity contribution >= 4 is 0 Å². The second-order valence-electron chi connectivity index (χ2n) is 8.81. The number of hydrogen-bond acceptors (Lipinski definition) is 6. The summed E-state index contributed by atoms with van der Waals surface area (Å²) in [5, 5.41) is 4.67. The lowest BCUT2D eigenvalue weighted by Gasteiger charge is -2.25. The Kier molecular flexibility index (Phi) is 3.84. The Bertz CT molecular complexity index is 1090. The van der Waals surface area contributed by atoms with E-state index < -0.39 is 11.1 Å². The highest BCUT2D eigenvalue weighted by Crippen LogP contribution is 2.39. The summed E-state index contributed by atoms with van der Waals surface area (Å²) in [6, 6.07) is 6.09. The number of ether oxygens (including phenoxy) is 2. The molecule has 2 unspecified atom stereocenters. The molecule has 0 radical (unpaired) electrons. The number of benzene rings is 1. The zero-order valence-electron chi connectivity index (χ0n) is 16.2. The molecule has 1 aromatic heterocycles. The van der Waals surface area contributed by atoms with Crippen LogP contribution < -0.4 is 20.6 Å². The third kappa shape index (κ3) is 2.80. The molecule has 0 amide bonds. The van der Waals surface area contributed by atoms with Crippen LogP contribution in [0.25, 0.3) is 0 Å². The van der Waals surface area contributed by atoms with Crippen LogP contribution in [0.1, 0.15) is 36.6 Å². The van der Waals surface area contributed by atoms with E-state index in [1.165, 1.54) is 16.7 Å². The lowest BCUT2D eigenvalue weighted by Crippen LogP contribution is -2.45. The minimum Gasteiger partial charge on any atom is -0.454 e. The van der Waals surface area contributed by atoms with E-state index in [-0.39, 0.29) is 12.7 Å². The van der Waals surface area contributed by atoms with E-state index in [0.717, 1.165) is 49.8 Å². The lowest BCUT2D eigenvalue weighted by molar-refractivity contribution is 0.174. The van der Waals surface area contributed by atoms with Crippen molar-refractivity contribution in [3.8, 4) is 11.5 Å². The average Bonchev–Trinajstić information content (AvgIpc) is 3.36. The van der Waals surface area contributed by atoms with Gasteiger partial charge in [0.15, 0.2) is 11.5 Å². The molecule has 2 aromatic rings. The molecule has 2 fully saturated rings. The van der Waals surface area contributed by atoms with E-state index in [9.17, 15) is 9.59 Å². The van der Waals surface area contributed by atoms with Gasteiger partial charge in [0.2, 0.25) is 6.79 Å². The van der Waals surface area contributed by atoms with Crippen molar-refractivity contribution in [1.29, 1.82) is 0 Å². The Balaban J connectivity index is 1.23. The number of rotatable bonds is 4. The fraction of sp³-hybridized carbons (Fsp3) is 0.571. The van der Waals surface area contributed by atoms with Gasteiger partial charge in [-0.3, -0.25) is 19.1 Å². The van der Waals surface area contributed by atoms with Crippen molar-refractivity contribution in [1.82, 2.24) is 19.2 Å². The van der Waals surface area contributed by atoms with Gasteiger partial charge in [-0.15, -0.1) is 0 Å². The predicted molar refractivity (Wildman–Crippen MR) is 104 cm³/mol. The first-order chi connectivity index (χ1) is 14.2. The van der Waals surface area contributed by atoms with Crippen molar-refractivity contribution in [3.63, 3.8) is 0 Å². The highest BCUT2D eigenvalue weighted by atomic mass is 16.7. The highest BCUT2D eigenvalue weighted by Gasteiger charge is 2.42. The monoisotopic (exact) mass is 396 g/mol. The average molecular weight is 396 g/mol. The van der Waals surface area contributed by atoms with Gasteiger partial charge in [0, 0.05) is 44.6 Å². The molecule has 4 heterocycles. The minimum absolute atomic E-state index is 0.213. The smallest absolute Gasteiger partial charge is 0.332 e. The molecule has 1 aliphatic carbocycles. The molecule has 1 saturated carbocycles. The number of nitrogens with zero attached hydrogens (tertiary/aromatic N) is 4. The number of likely N-dealkylation sites (tertiary alicyclic amines) is 1. The quantitative estimate of drug-likeness (QED) is 0.722. The van der Waals surface area contributed by atoms with Crippen LogP contribution in [-0.2, 0) is 19.6 Å². The summed E-state index contributed by atoms with van der Waals surface area (Å²) < 4.78 is 14.0. The first kappa shape index (κ1) is 17.3. The molecular formula is C21H24N4O4. The van der Waals surface area contributed by atoms with Crippen molar-refractivity contribution < 1.29 is 9.47 Å². The molecule has 152 valence electrons. The summed E-state index contributed by atoms with van der Waals surface area (Å²) in [5.74, 6) is 3.45. The van der Waals surface area contributed by atoms with E-state index in [2.05, 4.69) is 16.1 Å². The van der Waals surface area contributed by atoms with Crippen LogP contribution >= 0.6 is 0 Å². The van der Waals surface area contributed by atoms with Crippen molar-refractivity contribution in [3.05, 3.63) is 50.3 Å². The largest absolute Gasteiger partial charge is 0.454 e. The number of hydrogen-bond donors (Lipinski definition) is 0. The molecule has 3 aliphatic heterocycles. The lowest BCUT2D eigenvalue weighted by atomic mass is 9.85. The van der Waals surface area contributed by atoms with Gasteiger partial charge in [-0.25, -0.2) is 4.68 Å². The molecule has 0 N–H and O–H groups in total. The van der Waals surface area contributed by atoms with E-state index in [1.54, 1.807) is 4.57 Å². The summed E-state index contributed by atoms with van der Waals surface area (Å²) in [4.78, 5) is 27.5. The fourth-order valence-corrected chi connectivity index (χ4v) is 5.15. The van der Waals surface area contributed by atoms with Gasteiger partial charge in [0.1, 0.15) is 5.82 Å². The van der Waals surface area contributed by atoms with Crippen molar-refractivity contribution in [2.45, 2.75) is 44.8 Å². The van der Waals surface area contributed by atoms with Gasteiger partial charge >= 0.3 is 11.1 Å². The second-order valence-corrected chi connectivity index (χ2v) is 8.81. The maximum absolute atomic E-state index is 12.6. The van der Waals surface area contributed by atoms with Crippen LogP contribution in [0.4, 0.5) is 0 Å². The third-order valence-electron chi connectivity index (χ3n) is 6.93. The maximum atomic E-state index is 12.6. The van der Waals surface area contributed by atoms with Gasteiger partial charge in [-0.1, -0.05) is 12.5 Å². The Hall–Kier alpha value is -2.61. The molecule has 8 heteroatoms. The van der Waals surface area contributed by atoms with Gasteiger partial charge in [0.05, 0.1) is 0 Å². The standard InChI is InChI=1S/C21H24N4O4/c26-20-21(27)25(8-13-2-1-3-13)22-19-16-11-23(9-15(16)10-24(19)20)7-14-4-5-17-18(6-14)29-12-28-17/h4-6,13,15-16H,1-3,7-12H2. The summed E-state index contributed by atoms with van der Waals surface area (Å²) in [6.45, 7) is 4.05. The summed E-state index contributed by atoms with van der Waals surface area (Å²) >= 11 is 0. The third-order valence-corrected chi connectivity index (χ3v) is 6.93. The number of fused-ring (bicyclic) bond motifs is 4. The molecular weight excluding hydrogens is 372 g/mol. The Morgan fingerprint density at radius 1 is 1.03 bits per heavy atom. The molecule has 8 nitrogen and oxygen atoms in total. The highest BCUT2D eigenvalue weighted by molar-refractivity contribution is 5.44. The SMILES string of the molecule is O=c1c(=O)n2c(nn1CC1CCC1)C1CN(Cc3ccc4c(c3)OCO4)CC1C2. The van der Waals surface area contributed by atoms with Crippen LogP contribution in [0.2, 0.25) is 0 Å².